The smallest absolute Gasteiger partial charge is 0.363 e. The van der Waals surface area contributed by atoms with Gasteiger partial charge in [0, 0.05) is 0 Å². The number of hydrogen-bond acceptors (Lipinski definition) is 5. The van der Waals surface area contributed by atoms with Crippen molar-refractivity contribution in [3.8, 4) is 0 Å². The Balaban J connectivity index is 2.46. The second-order valence-corrected chi connectivity index (χ2v) is 5.47. The van der Waals surface area contributed by atoms with E-state index in [0.29, 0.717) is 0 Å². The lowest BCUT2D eigenvalue weighted by Gasteiger charge is -2.18. The van der Waals surface area contributed by atoms with E-state index in [2.05, 4.69) is 4.74 Å². The van der Waals surface area contributed by atoms with E-state index in [0.717, 1.165) is 0 Å². The van der Waals surface area contributed by atoms with Gasteiger partial charge in [0.1, 0.15) is 4.90 Å². The number of amides is 1. The minimum absolute atomic E-state index is 0.0876. The molecule has 0 spiro atoms. The molecule has 19 heavy (non-hydrogen) atoms. The van der Waals surface area contributed by atoms with Crippen LogP contribution in [0.5, 0.6) is 0 Å². The Labute approximate surface area is 108 Å². The molecule has 1 heterocycles. The molecule has 0 bridgehead atoms. The lowest BCUT2D eigenvalue weighted by Crippen LogP contribution is -2.42. The predicted octanol–water partition coefficient (Wildman–Crippen LogP) is 0.690. The third-order valence-corrected chi connectivity index (χ3v) is 4.32. The lowest BCUT2D eigenvalue weighted by atomic mass is 10.2. The van der Waals surface area contributed by atoms with Gasteiger partial charge in [-0.2, -0.15) is 4.31 Å². The zero-order valence-corrected chi connectivity index (χ0v) is 10.7. The zero-order valence-electron chi connectivity index (χ0n) is 9.87. The first kappa shape index (κ1) is 13.5. The van der Waals surface area contributed by atoms with Crippen LogP contribution in [0.15, 0.2) is 29.2 Å². The molecular formula is C11H10FNO5S. The Bertz CT molecular complexity index is 642. The molecule has 0 saturated carbocycles. The first-order valence-corrected chi connectivity index (χ1v) is 6.83. The van der Waals surface area contributed by atoms with Crippen molar-refractivity contribution >= 4 is 21.9 Å². The van der Waals surface area contributed by atoms with Gasteiger partial charge in [-0.15, -0.1) is 0 Å². The Morgan fingerprint density at radius 3 is 2.63 bits per heavy atom. The molecule has 8 heteroatoms. The normalized spacial score (nSPS) is 18.0. The molecule has 1 amide bonds. The van der Waals surface area contributed by atoms with Gasteiger partial charge in [-0.3, -0.25) is 4.79 Å². The van der Waals surface area contributed by atoms with E-state index in [1.807, 2.05) is 0 Å². The quantitative estimate of drug-likeness (QED) is 0.603. The van der Waals surface area contributed by atoms with Gasteiger partial charge >= 0.3 is 5.97 Å². The average Bonchev–Trinajstić information content (AvgIpc) is 2.57. The molecule has 1 aliphatic rings. The van der Waals surface area contributed by atoms with Crippen molar-refractivity contribution in [2.75, 3.05) is 6.61 Å². The fraction of sp³-hybridized carbons (Fsp3) is 0.273. The van der Waals surface area contributed by atoms with Gasteiger partial charge in [-0.05, 0) is 19.1 Å². The minimum Gasteiger partial charge on any atom is -0.462 e. The van der Waals surface area contributed by atoms with Crippen LogP contribution < -0.4 is 0 Å². The number of hydrogen-bond donors (Lipinski definition) is 0. The molecule has 0 aliphatic carbocycles. The van der Waals surface area contributed by atoms with Gasteiger partial charge in [0.2, 0.25) is 0 Å². The number of carbonyl (C=O) groups is 2. The number of alkyl halides is 1. The number of fused-ring (bicyclic) bond motifs is 1. The summed E-state index contributed by atoms with van der Waals surface area (Å²) in [5.74, 6) is -2.48. The van der Waals surface area contributed by atoms with Crippen molar-refractivity contribution in [3.63, 3.8) is 0 Å². The molecule has 6 nitrogen and oxygen atoms in total. The highest BCUT2D eigenvalue weighted by Crippen LogP contribution is 2.32. The maximum Gasteiger partial charge on any atom is 0.363 e. The summed E-state index contributed by atoms with van der Waals surface area (Å²) in [6, 6.07) is 5.30. The highest BCUT2D eigenvalue weighted by atomic mass is 32.2. The standard InChI is InChI=1S/C11H10FNO5S/c1-2-18-11(15)9(12)13-10(14)7-5-3-4-6-8(7)19(13,16)17/h3-6,9H,2H2,1H3. The summed E-state index contributed by atoms with van der Waals surface area (Å²) < 4.78 is 42.2. The monoisotopic (exact) mass is 287 g/mol. The molecule has 2 rings (SSSR count). The van der Waals surface area contributed by atoms with E-state index in [9.17, 15) is 22.4 Å². The maximum absolute atomic E-state index is 13.9. The van der Waals surface area contributed by atoms with Crippen LogP contribution in [0, 0.1) is 0 Å². The molecule has 0 radical (unpaired) electrons. The van der Waals surface area contributed by atoms with Crippen molar-refractivity contribution < 1.29 is 27.1 Å². The third-order valence-electron chi connectivity index (χ3n) is 2.54. The topological polar surface area (TPSA) is 80.8 Å². The highest BCUT2D eigenvalue weighted by molar-refractivity contribution is 7.90. The molecule has 1 aromatic carbocycles. The third kappa shape index (κ3) is 1.97. The summed E-state index contributed by atoms with van der Waals surface area (Å²) in [5.41, 5.74) is -0.158. The molecule has 0 saturated heterocycles. The number of rotatable bonds is 3. The number of carbonyl (C=O) groups excluding carboxylic acids is 2. The lowest BCUT2D eigenvalue weighted by molar-refractivity contribution is -0.152. The predicted molar refractivity (Wildman–Crippen MR) is 61.3 cm³/mol. The van der Waals surface area contributed by atoms with Crippen LogP contribution in [0.1, 0.15) is 17.3 Å². The van der Waals surface area contributed by atoms with Crippen molar-refractivity contribution in [3.05, 3.63) is 29.8 Å². The molecule has 1 unspecified atom stereocenters. The Hall–Kier alpha value is -1.96. The minimum atomic E-state index is -4.35. The number of benzene rings is 1. The summed E-state index contributed by atoms with van der Waals surface area (Å²) in [6.07, 6.45) is -2.68. The van der Waals surface area contributed by atoms with Crippen LogP contribution >= 0.6 is 0 Å². The number of esters is 1. The Morgan fingerprint density at radius 2 is 2.05 bits per heavy atom. The van der Waals surface area contributed by atoms with Gasteiger partial charge in [-0.1, -0.05) is 12.1 Å². The molecule has 1 aliphatic heterocycles. The van der Waals surface area contributed by atoms with Gasteiger partial charge < -0.3 is 4.74 Å². The fourth-order valence-corrected chi connectivity index (χ4v) is 3.28. The number of nitrogens with zero attached hydrogens (tertiary/aromatic N) is 1. The average molecular weight is 287 g/mol. The van der Waals surface area contributed by atoms with Crippen LogP contribution in [0.3, 0.4) is 0 Å². The summed E-state index contributed by atoms with van der Waals surface area (Å²) >= 11 is 0. The molecule has 1 aromatic rings. The second-order valence-electron chi connectivity index (χ2n) is 3.69. The van der Waals surface area contributed by atoms with E-state index >= 15 is 0 Å². The van der Waals surface area contributed by atoms with E-state index in [1.54, 1.807) is 0 Å². The fourth-order valence-electron chi connectivity index (χ4n) is 1.73. The Kier molecular flexibility index (Phi) is 3.27. The molecule has 102 valence electrons. The van der Waals surface area contributed by atoms with Crippen LogP contribution in [0.25, 0.3) is 0 Å². The molecule has 0 N–H and O–H groups in total. The highest BCUT2D eigenvalue weighted by Gasteiger charge is 2.48. The van der Waals surface area contributed by atoms with Crippen molar-refractivity contribution in [1.29, 1.82) is 0 Å². The first-order chi connectivity index (χ1) is 8.91. The number of halogens is 1. The largest absolute Gasteiger partial charge is 0.462 e. The number of sulfonamides is 1. The van der Waals surface area contributed by atoms with Gasteiger partial charge in [-0.25, -0.2) is 17.6 Å². The summed E-state index contributed by atoms with van der Waals surface area (Å²) in [7, 11) is -4.35. The summed E-state index contributed by atoms with van der Waals surface area (Å²) in [4.78, 5) is 22.8. The van der Waals surface area contributed by atoms with Gasteiger partial charge in [0.25, 0.3) is 22.2 Å². The van der Waals surface area contributed by atoms with Crippen molar-refractivity contribution in [2.45, 2.75) is 18.1 Å². The maximum atomic E-state index is 13.9. The van der Waals surface area contributed by atoms with Crippen LogP contribution in [0.2, 0.25) is 0 Å². The van der Waals surface area contributed by atoms with Crippen molar-refractivity contribution in [1.82, 2.24) is 4.31 Å². The summed E-state index contributed by atoms with van der Waals surface area (Å²) in [6.45, 7) is 1.33. The van der Waals surface area contributed by atoms with E-state index < -0.39 is 28.2 Å². The van der Waals surface area contributed by atoms with E-state index in [-0.39, 0.29) is 21.4 Å². The van der Waals surface area contributed by atoms with Crippen LogP contribution in [-0.4, -0.2) is 37.5 Å². The van der Waals surface area contributed by atoms with E-state index in [1.165, 1.54) is 31.2 Å². The SMILES string of the molecule is CCOC(=O)C(F)N1C(=O)c2ccccc2S1(=O)=O. The van der Waals surface area contributed by atoms with Crippen LogP contribution in [0.4, 0.5) is 4.39 Å². The van der Waals surface area contributed by atoms with E-state index in [4.69, 9.17) is 0 Å². The zero-order chi connectivity index (χ0) is 14.2. The van der Waals surface area contributed by atoms with Crippen molar-refractivity contribution in [2.24, 2.45) is 0 Å². The van der Waals surface area contributed by atoms with Gasteiger partial charge in [0.05, 0.1) is 12.2 Å². The summed E-state index contributed by atoms with van der Waals surface area (Å²) in [5, 5.41) is 0. The molecular weight excluding hydrogens is 277 g/mol. The molecule has 0 aromatic heterocycles. The first-order valence-electron chi connectivity index (χ1n) is 5.39. The number of ether oxygens (including phenoxy) is 1. The molecule has 1 atom stereocenters. The molecule has 0 fully saturated rings. The van der Waals surface area contributed by atoms with Crippen LogP contribution in [-0.2, 0) is 19.6 Å². The second kappa shape index (κ2) is 4.61. The Morgan fingerprint density at radius 1 is 1.42 bits per heavy atom. The van der Waals surface area contributed by atoms with Gasteiger partial charge in [0.15, 0.2) is 0 Å².